The topological polar surface area (TPSA) is 110 Å². The molecule has 0 aromatic heterocycles. The van der Waals surface area contributed by atoms with Crippen molar-refractivity contribution in [1.29, 1.82) is 0 Å². The van der Waals surface area contributed by atoms with Crippen LogP contribution in [0.4, 0.5) is 0 Å². The van der Waals surface area contributed by atoms with Gasteiger partial charge >= 0.3 is 5.97 Å². The van der Waals surface area contributed by atoms with Gasteiger partial charge in [0.15, 0.2) is 11.5 Å². The predicted octanol–water partition coefficient (Wildman–Crippen LogP) is 2.47. The van der Waals surface area contributed by atoms with Gasteiger partial charge in [-0.3, -0.25) is 4.79 Å². The van der Waals surface area contributed by atoms with Crippen molar-refractivity contribution >= 4 is 5.97 Å². The number of nitrogens with one attached hydrogen (secondary N) is 1. The van der Waals surface area contributed by atoms with Crippen LogP contribution in [0, 0.1) is 0 Å². The SMILES string of the molecule is O=C(O)CCC1Cc2cc(O)c(O)cc2C(Cc2ccc(O)cc2)N1. The zero-order valence-electron chi connectivity index (χ0n) is 13.6. The molecule has 0 radical (unpaired) electrons. The van der Waals surface area contributed by atoms with Gasteiger partial charge in [0.25, 0.3) is 0 Å². The van der Waals surface area contributed by atoms with E-state index in [-0.39, 0.29) is 35.8 Å². The number of carboxylic acid groups (broad SMARTS) is 1. The standard InChI is InChI=1S/C19H21NO5/c21-14-4-1-11(2-5-14)7-16-15-10-18(23)17(22)9-12(15)8-13(20-16)3-6-19(24)25/h1-2,4-5,9-10,13,16,20-23H,3,6-8H2,(H,24,25). The third kappa shape index (κ3) is 4.03. The molecule has 25 heavy (non-hydrogen) atoms. The minimum Gasteiger partial charge on any atom is -0.508 e. The number of aliphatic carboxylic acids is 1. The van der Waals surface area contributed by atoms with Crippen molar-refractivity contribution in [1.82, 2.24) is 5.32 Å². The van der Waals surface area contributed by atoms with Crippen LogP contribution in [0.5, 0.6) is 17.2 Å². The molecule has 6 heteroatoms. The lowest BCUT2D eigenvalue weighted by atomic mass is 9.85. The number of hydrogen-bond acceptors (Lipinski definition) is 5. The molecule has 0 bridgehead atoms. The first-order chi connectivity index (χ1) is 11.9. The Balaban J connectivity index is 1.87. The van der Waals surface area contributed by atoms with Crippen molar-refractivity contribution in [3.8, 4) is 17.2 Å². The summed E-state index contributed by atoms with van der Waals surface area (Å²) in [5.74, 6) is -0.972. The Morgan fingerprint density at radius 3 is 2.44 bits per heavy atom. The summed E-state index contributed by atoms with van der Waals surface area (Å²) in [6.45, 7) is 0. The third-order valence-electron chi connectivity index (χ3n) is 4.60. The number of phenols is 3. The molecule has 6 nitrogen and oxygen atoms in total. The van der Waals surface area contributed by atoms with Gasteiger partial charge in [0.1, 0.15) is 5.75 Å². The summed E-state index contributed by atoms with van der Waals surface area (Å²) in [7, 11) is 0. The molecular formula is C19H21NO5. The first kappa shape index (κ1) is 17.1. The molecule has 0 amide bonds. The molecule has 2 aromatic rings. The van der Waals surface area contributed by atoms with Gasteiger partial charge in [-0.15, -0.1) is 0 Å². The van der Waals surface area contributed by atoms with E-state index >= 15 is 0 Å². The van der Waals surface area contributed by atoms with Crippen molar-refractivity contribution in [2.45, 2.75) is 37.8 Å². The third-order valence-corrected chi connectivity index (χ3v) is 4.60. The molecule has 132 valence electrons. The highest BCUT2D eigenvalue weighted by molar-refractivity contribution is 5.66. The second-order valence-electron chi connectivity index (χ2n) is 6.46. The molecule has 2 atom stereocenters. The molecule has 1 aliphatic rings. The van der Waals surface area contributed by atoms with Gasteiger partial charge in [0, 0.05) is 18.5 Å². The Hall–Kier alpha value is -2.73. The zero-order valence-corrected chi connectivity index (χ0v) is 13.6. The van der Waals surface area contributed by atoms with Gasteiger partial charge < -0.3 is 25.7 Å². The minimum atomic E-state index is -0.837. The van der Waals surface area contributed by atoms with E-state index in [1.54, 1.807) is 24.3 Å². The second kappa shape index (κ2) is 7.03. The number of hydrogen-bond donors (Lipinski definition) is 5. The fourth-order valence-electron chi connectivity index (χ4n) is 3.36. The van der Waals surface area contributed by atoms with E-state index in [1.807, 2.05) is 12.1 Å². The van der Waals surface area contributed by atoms with Crippen LogP contribution >= 0.6 is 0 Å². The average molecular weight is 343 g/mol. The smallest absolute Gasteiger partial charge is 0.303 e. The molecule has 1 aliphatic heterocycles. The maximum Gasteiger partial charge on any atom is 0.303 e. The lowest BCUT2D eigenvalue weighted by molar-refractivity contribution is -0.137. The lowest BCUT2D eigenvalue weighted by Gasteiger charge is -2.33. The maximum absolute atomic E-state index is 10.9. The molecule has 0 aliphatic carbocycles. The van der Waals surface area contributed by atoms with Crippen molar-refractivity contribution < 1.29 is 25.2 Å². The number of rotatable bonds is 5. The summed E-state index contributed by atoms with van der Waals surface area (Å²) in [6.07, 6.45) is 1.79. The van der Waals surface area contributed by atoms with Crippen LogP contribution in [0.3, 0.4) is 0 Å². The maximum atomic E-state index is 10.9. The summed E-state index contributed by atoms with van der Waals surface area (Å²) >= 11 is 0. The van der Waals surface area contributed by atoms with Crippen molar-refractivity contribution in [3.05, 3.63) is 53.1 Å². The fourth-order valence-corrected chi connectivity index (χ4v) is 3.36. The summed E-state index contributed by atoms with van der Waals surface area (Å²) < 4.78 is 0. The van der Waals surface area contributed by atoms with Gasteiger partial charge in [0.05, 0.1) is 0 Å². The number of carbonyl (C=O) groups is 1. The van der Waals surface area contributed by atoms with Gasteiger partial charge in [0.2, 0.25) is 0 Å². The molecule has 0 saturated carbocycles. The summed E-state index contributed by atoms with van der Waals surface area (Å²) in [5.41, 5.74) is 2.82. The molecular weight excluding hydrogens is 322 g/mol. The Labute approximate surface area is 145 Å². The van der Waals surface area contributed by atoms with Crippen LogP contribution in [-0.4, -0.2) is 32.4 Å². The minimum absolute atomic E-state index is 0.0188. The van der Waals surface area contributed by atoms with Crippen LogP contribution in [0.2, 0.25) is 0 Å². The van der Waals surface area contributed by atoms with E-state index in [4.69, 9.17) is 5.11 Å². The molecule has 5 N–H and O–H groups in total. The van der Waals surface area contributed by atoms with Crippen molar-refractivity contribution in [2.24, 2.45) is 0 Å². The number of benzene rings is 2. The van der Waals surface area contributed by atoms with Gasteiger partial charge in [-0.1, -0.05) is 12.1 Å². The zero-order chi connectivity index (χ0) is 18.0. The molecule has 2 unspecified atom stereocenters. The van der Waals surface area contributed by atoms with E-state index in [9.17, 15) is 20.1 Å². The fraction of sp³-hybridized carbons (Fsp3) is 0.316. The Bertz CT molecular complexity index is 772. The van der Waals surface area contributed by atoms with E-state index < -0.39 is 5.97 Å². The molecule has 2 aromatic carbocycles. The number of phenolic OH excluding ortho intramolecular Hbond substituents is 3. The molecule has 0 spiro atoms. The number of fused-ring (bicyclic) bond motifs is 1. The van der Waals surface area contributed by atoms with Crippen LogP contribution < -0.4 is 5.32 Å². The highest BCUT2D eigenvalue weighted by Crippen LogP contribution is 2.36. The Morgan fingerprint density at radius 2 is 1.76 bits per heavy atom. The van der Waals surface area contributed by atoms with Gasteiger partial charge in [-0.2, -0.15) is 0 Å². The van der Waals surface area contributed by atoms with E-state index in [1.165, 1.54) is 0 Å². The molecule has 1 heterocycles. The highest BCUT2D eigenvalue weighted by atomic mass is 16.4. The lowest BCUT2D eigenvalue weighted by Crippen LogP contribution is -2.40. The van der Waals surface area contributed by atoms with Crippen LogP contribution in [0.1, 0.15) is 35.6 Å². The molecule has 3 rings (SSSR count). The van der Waals surface area contributed by atoms with E-state index in [0.29, 0.717) is 19.3 Å². The van der Waals surface area contributed by atoms with E-state index in [2.05, 4.69) is 5.32 Å². The molecule has 0 saturated heterocycles. The van der Waals surface area contributed by atoms with Crippen LogP contribution in [-0.2, 0) is 17.6 Å². The number of aromatic hydroxyl groups is 3. The normalized spacial score (nSPS) is 19.4. The largest absolute Gasteiger partial charge is 0.508 e. The highest BCUT2D eigenvalue weighted by Gasteiger charge is 2.28. The van der Waals surface area contributed by atoms with Crippen molar-refractivity contribution in [2.75, 3.05) is 0 Å². The molecule has 0 fully saturated rings. The first-order valence-corrected chi connectivity index (χ1v) is 8.23. The first-order valence-electron chi connectivity index (χ1n) is 8.23. The van der Waals surface area contributed by atoms with Gasteiger partial charge in [-0.05, 0) is 60.2 Å². The summed E-state index contributed by atoms with van der Waals surface area (Å²) in [4.78, 5) is 10.9. The van der Waals surface area contributed by atoms with E-state index in [0.717, 1.165) is 16.7 Å². The predicted molar refractivity (Wildman–Crippen MR) is 91.8 cm³/mol. The second-order valence-corrected chi connectivity index (χ2v) is 6.46. The Kier molecular flexibility index (Phi) is 4.81. The monoisotopic (exact) mass is 343 g/mol. The quantitative estimate of drug-likeness (QED) is 0.534. The number of carboxylic acids is 1. The van der Waals surface area contributed by atoms with Crippen molar-refractivity contribution in [3.63, 3.8) is 0 Å². The Morgan fingerprint density at radius 1 is 1.08 bits per heavy atom. The van der Waals surface area contributed by atoms with Crippen LogP contribution in [0.25, 0.3) is 0 Å². The average Bonchev–Trinajstić information content (AvgIpc) is 2.56. The van der Waals surface area contributed by atoms with Crippen LogP contribution in [0.15, 0.2) is 36.4 Å². The summed E-state index contributed by atoms with van der Waals surface area (Å²) in [6, 6.07) is 9.90. The summed E-state index contributed by atoms with van der Waals surface area (Å²) in [5, 5.41) is 41.4. The van der Waals surface area contributed by atoms with Gasteiger partial charge in [-0.25, -0.2) is 0 Å².